The molecule has 0 spiro atoms. The summed E-state index contributed by atoms with van der Waals surface area (Å²) in [7, 11) is 0. The van der Waals surface area contributed by atoms with E-state index in [1.165, 1.54) is 26.7 Å². The van der Waals surface area contributed by atoms with Crippen LogP contribution < -0.4 is 11.1 Å². The summed E-state index contributed by atoms with van der Waals surface area (Å²) in [5.74, 6) is 5.77. The number of thiophene rings is 2. The summed E-state index contributed by atoms with van der Waals surface area (Å²) in [6.07, 6.45) is 0. The number of carbonyl (C=O) groups excluding carboxylic acids is 1. The van der Waals surface area contributed by atoms with Crippen LogP contribution in [0.2, 0.25) is 0 Å². The number of carbonyl (C=O) groups is 1. The molecule has 2 aromatic heterocycles. The summed E-state index contributed by atoms with van der Waals surface area (Å²) in [5, 5.41) is 2.96. The first-order chi connectivity index (χ1) is 10.0. The third-order valence-corrected chi connectivity index (χ3v) is 5.39. The van der Waals surface area contributed by atoms with Gasteiger partial charge in [-0.2, -0.15) is 0 Å². The van der Waals surface area contributed by atoms with E-state index in [9.17, 15) is 4.79 Å². The summed E-state index contributed by atoms with van der Waals surface area (Å²) in [6, 6.07) is 4.00. The van der Waals surface area contributed by atoms with Crippen molar-refractivity contribution in [3.8, 4) is 11.8 Å². The Morgan fingerprint density at radius 2 is 2.00 bits per heavy atom. The highest BCUT2D eigenvalue weighted by Gasteiger charge is 2.12. The maximum atomic E-state index is 12.2. The number of nitrogens with one attached hydrogen (secondary N) is 1. The molecule has 0 unspecified atom stereocenters. The fourth-order valence-electron chi connectivity index (χ4n) is 1.84. The van der Waals surface area contributed by atoms with E-state index in [0.717, 1.165) is 10.4 Å². The Morgan fingerprint density at radius 1 is 1.24 bits per heavy atom. The number of aryl methyl sites for hydroxylation is 3. The van der Waals surface area contributed by atoms with E-state index in [1.807, 2.05) is 13.0 Å². The molecule has 0 bridgehead atoms. The molecule has 0 aromatic carbocycles. The first-order valence-corrected chi connectivity index (χ1v) is 8.28. The van der Waals surface area contributed by atoms with E-state index >= 15 is 0 Å². The van der Waals surface area contributed by atoms with E-state index in [2.05, 4.69) is 37.1 Å². The maximum Gasteiger partial charge on any atom is 0.261 e. The lowest BCUT2D eigenvalue weighted by Gasteiger charge is -2.00. The molecule has 0 radical (unpaired) electrons. The number of nitrogens with two attached hydrogens (primary N) is 1. The lowest BCUT2D eigenvalue weighted by Crippen LogP contribution is -2.21. The minimum atomic E-state index is -0.0485. The van der Waals surface area contributed by atoms with Gasteiger partial charge < -0.3 is 11.1 Å². The first kappa shape index (κ1) is 15.8. The Labute approximate surface area is 133 Å². The van der Waals surface area contributed by atoms with Crippen molar-refractivity contribution in [3.05, 3.63) is 42.8 Å². The molecule has 0 fully saturated rings. The van der Waals surface area contributed by atoms with Gasteiger partial charge in [-0.1, -0.05) is 11.8 Å². The third kappa shape index (κ3) is 3.94. The third-order valence-electron chi connectivity index (χ3n) is 3.09. The minimum absolute atomic E-state index is 0.0485. The smallest absolute Gasteiger partial charge is 0.261 e. The first-order valence-electron chi connectivity index (χ1n) is 6.64. The van der Waals surface area contributed by atoms with Crippen LogP contribution in [0.1, 0.15) is 35.4 Å². The summed E-state index contributed by atoms with van der Waals surface area (Å²) >= 11 is 3.14. The average molecular weight is 318 g/mol. The van der Waals surface area contributed by atoms with Crippen LogP contribution in [0.5, 0.6) is 0 Å². The Bertz CT molecular complexity index is 697. The van der Waals surface area contributed by atoms with Gasteiger partial charge in [0.15, 0.2) is 0 Å². The Morgan fingerprint density at radius 3 is 2.62 bits per heavy atom. The second-order valence-electron chi connectivity index (χ2n) is 4.76. The molecule has 0 aliphatic carbocycles. The fourth-order valence-corrected chi connectivity index (χ4v) is 3.80. The standard InChI is InChI=1S/C16H18N2OS2/c1-10-7-13(20-12(10)3)9-18-16(19)15-8-11(2)14(21-15)5-4-6-17/h7-8H,6,9,17H2,1-3H3,(H,18,19). The minimum Gasteiger partial charge on any atom is -0.346 e. The van der Waals surface area contributed by atoms with Gasteiger partial charge in [0.1, 0.15) is 0 Å². The topological polar surface area (TPSA) is 55.1 Å². The van der Waals surface area contributed by atoms with Crippen LogP contribution in [0.4, 0.5) is 0 Å². The Kier molecular flexibility index (Phi) is 5.18. The van der Waals surface area contributed by atoms with E-state index in [-0.39, 0.29) is 5.91 Å². The zero-order valence-corrected chi connectivity index (χ0v) is 14.0. The predicted octanol–water partition coefficient (Wildman–Crippen LogP) is 2.98. The van der Waals surface area contributed by atoms with Crippen LogP contribution >= 0.6 is 22.7 Å². The van der Waals surface area contributed by atoms with Crippen molar-refractivity contribution in [1.82, 2.24) is 5.32 Å². The highest BCUT2D eigenvalue weighted by atomic mass is 32.1. The monoisotopic (exact) mass is 318 g/mol. The molecule has 0 saturated heterocycles. The summed E-state index contributed by atoms with van der Waals surface area (Å²) < 4.78 is 0. The van der Waals surface area contributed by atoms with E-state index in [0.29, 0.717) is 18.0 Å². The predicted molar refractivity (Wildman–Crippen MR) is 90.0 cm³/mol. The van der Waals surface area contributed by atoms with Crippen molar-refractivity contribution in [2.75, 3.05) is 6.54 Å². The van der Waals surface area contributed by atoms with Crippen molar-refractivity contribution < 1.29 is 4.79 Å². The molecule has 21 heavy (non-hydrogen) atoms. The molecule has 1 amide bonds. The highest BCUT2D eigenvalue weighted by molar-refractivity contribution is 7.14. The van der Waals surface area contributed by atoms with Crippen molar-refractivity contribution in [2.24, 2.45) is 5.73 Å². The van der Waals surface area contributed by atoms with Gasteiger partial charge >= 0.3 is 0 Å². The van der Waals surface area contributed by atoms with Gasteiger partial charge in [0.2, 0.25) is 0 Å². The summed E-state index contributed by atoms with van der Waals surface area (Å²) in [6.45, 7) is 7.03. The van der Waals surface area contributed by atoms with Gasteiger partial charge in [-0.25, -0.2) is 0 Å². The Balaban J connectivity index is 2.03. The van der Waals surface area contributed by atoms with Crippen LogP contribution in [0.3, 0.4) is 0 Å². The molecule has 110 valence electrons. The lowest BCUT2D eigenvalue weighted by atomic mass is 10.2. The molecule has 3 nitrogen and oxygen atoms in total. The number of hydrogen-bond donors (Lipinski definition) is 2. The zero-order valence-electron chi connectivity index (χ0n) is 12.4. The number of amides is 1. The molecule has 0 saturated carbocycles. The molecule has 2 heterocycles. The van der Waals surface area contributed by atoms with Crippen molar-refractivity contribution in [1.29, 1.82) is 0 Å². The second-order valence-corrected chi connectivity index (χ2v) is 7.16. The van der Waals surface area contributed by atoms with E-state index in [4.69, 9.17) is 5.73 Å². The maximum absolute atomic E-state index is 12.2. The van der Waals surface area contributed by atoms with Gasteiger partial charge in [-0.15, -0.1) is 22.7 Å². The van der Waals surface area contributed by atoms with Gasteiger partial charge in [-0.05, 0) is 44.0 Å². The van der Waals surface area contributed by atoms with Gasteiger partial charge in [0.05, 0.1) is 22.8 Å². The molecule has 3 N–H and O–H groups in total. The molecular weight excluding hydrogens is 300 g/mol. The van der Waals surface area contributed by atoms with Crippen molar-refractivity contribution >= 4 is 28.6 Å². The van der Waals surface area contributed by atoms with Crippen LogP contribution in [0, 0.1) is 32.6 Å². The number of hydrogen-bond acceptors (Lipinski definition) is 4. The normalized spacial score (nSPS) is 10.1. The molecule has 0 atom stereocenters. The molecule has 0 aliphatic rings. The molecule has 2 rings (SSSR count). The fraction of sp³-hybridized carbons (Fsp3) is 0.312. The lowest BCUT2D eigenvalue weighted by molar-refractivity contribution is 0.0955. The SMILES string of the molecule is Cc1cc(CNC(=O)c2cc(C)c(C#CCN)s2)sc1C. The van der Waals surface area contributed by atoms with Crippen molar-refractivity contribution in [3.63, 3.8) is 0 Å². The quantitative estimate of drug-likeness (QED) is 0.855. The molecular formula is C16H18N2OS2. The van der Waals surface area contributed by atoms with Crippen LogP contribution in [0.15, 0.2) is 12.1 Å². The van der Waals surface area contributed by atoms with Crippen LogP contribution in [-0.4, -0.2) is 12.5 Å². The average Bonchev–Trinajstić information content (AvgIpc) is 2.97. The largest absolute Gasteiger partial charge is 0.346 e. The molecule has 0 aliphatic heterocycles. The van der Waals surface area contributed by atoms with Crippen LogP contribution in [0.25, 0.3) is 0 Å². The summed E-state index contributed by atoms with van der Waals surface area (Å²) in [4.78, 5) is 16.3. The van der Waals surface area contributed by atoms with E-state index in [1.54, 1.807) is 11.3 Å². The van der Waals surface area contributed by atoms with E-state index < -0.39 is 0 Å². The summed E-state index contributed by atoms with van der Waals surface area (Å²) in [5.41, 5.74) is 7.67. The highest BCUT2D eigenvalue weighted by Crippen LogP contribution is 2.22. The van der Waals surface area contributed by atoms with Crippen molar-refractivity contribution in [2.45, 2.75) is 27.3 Å². The van der Waals surface area contributed by atoms with Gasteiger partial charge in [-0.3, -0.25) is 4.79 Å². The number of rotatable bonds is 3. The van der Waals surface area contributed by atoms with Gasteiger partial charge in [0, 0.05) is 9.75 Å². The zero-order chi connectivity index (χ0) is 15.4. The Hall–Kier alpha value is -1.61. The molecule has 2 aromatic rings. The second kappa shape index (κ2) is 6.90. The van der Waals surface area contributed by atoms with Gasteiger partial charge in [0.25, 0.3) is 5.91 Å². The van der Waals surface area contributed by atoms with Crippen LogP contribution in [-0.2, 0) is 6.54 Å². The molecule has 5 heteroatoms.